The van der Waals surface area contributed by atoms with Gasteiger partial charge in [-0.2, -0.15) is 0 Å². The fraction of sp³-hybridized carbons (Fsp3) is 0.158. The van der Waals surface area contributed by atoms with Gasteiger partial charge in [-0.05, 0) is 44.0 Å². The number of benzene rings is 2. The maximum absolute atomic E-state index is 12.5. The summed E-state index contributed by atoms with van der Waals surface area (Å²) in [5.41, 5.74) is 3.61. The SMILES string of the molecule is Cc1cc(C)c(NC(=O)c2cc3ccccc3oc2=O)c(C)c1. The van der Waals surface area contributed by atoms with Crippen LogP contribution < -0.4 is 10.9 Å². The first-order valence-electron chi connectivity index (χ1n) is 7.38. The second-order valence-corrected chi connectivity index (χ2v) is 5.71. The van der Waals surface area contributed by atoms with Crippen molar-refractivity contribution in [3.8, 4) is 0 Å². The summed E-state index contributed by atoms with van der Waals surface area (Å²) < 4.78 is 5.21. The Balaban J connectivity index is 2.02. The van der Waals surface area contributed by atoms with Gasteiger partial charge in [-0.15, -0.1) is 0 Å². The molecule has 0 radical (unpaired) electrons. The maximum Gasteiger partial charge on any atom is 0.349 e. The van der Waals surface area contributed by atoms with Crippen molar-refractivity contribution < 1.29 is 9.21 Å². The lowest BCUT2D eigenvalue weighted by atomic mass is 10.0. The molecule has 2 aromatic carbocycles. The number of rotatable bonds is 2. The van der Waals surface area contributed by atoms with Crippen LogP contribution in [0, 0.1) is 20.8 Å². The van der Waals surface area contributed by atoms with Gasteiger partial charge in [-0.3, -0.25) is 4.79 Å². The molecule has 1 heterocycles. The van der Waals surface area contributed by atoms with Crippen molar-refractivity contribution in [2.24, 2.45) is 0 Å². The van der Waals surface area contributed by atoms with Gasteiger partial charge in [-0.1, -0.05) is 35.9 Å². The van der Waals surface area contributed by atoms with Crippen molar-refractivity contribution in [1.82, 2.24) is 0 Å². The Bertz CT molecular complexity index is 947. The molecule has 0 saturated heterocycles. The lowest BCUT2D eigenvalue weighted by molar-refractivity contribution is 0.102. The van der Waals surface area contributed by atoms with Crippen molar-refractivity contribution in [2.45, 2.75) is 20.8 Å². The van der Waals surface area contributed by atoms with Crippen LogP contribution in [0.2, 0.25) is 0 Å². The standard InChI is InChI=1S/C19H17NO3/c1-11-8-12(2)17(13(3)9-11)20-18(21)15-10-14-6-4-5-7-16(14)23-19(15)22/h4-10H,1-3H3,(H,20,21). The van der Waals surface area contributed by atoms with Gasteiger partial charge >= 0.3 is 5.63 Å². The number of para-hydroxylation sites is 1. The Morgan fingerprint density at radius 2 is 1.65 bits per heavy atom. The van der Waals surface area contributed by atoms with E-state index in [4.69, 9.17) is 4.42 Å². The Morgan fingerprint density at radius 3 is 2.35 bits per heavy atom. The molecule has 23 heavy (non-hydrogen) atoms. The van der Waals surface area contributed by atoms with Crippen molar-refractivity contribution in [2.75, 3.05) is 5.32 Å². The minimum Gasteiger partial charge on any atom is -0.422 e. The molecule has 0 unspecified atom stereocenters. The third-order valence-corrected chi connectivity index (χ3v) is 3.80. The normalized spacial score (nSPS) is 10.7. The first-order chi connectivity index (χ1) is 11.0. The molecule has 1 amide bonds. The molecule has 116 valence electrons. The third-order valence-electron chi connectivity index (χ3n) is 3.80. The Labute approximate surface area is 133 Å². The molecule has 0 fully saturated rings. The van der Waals surface area contributed by atoms with E-state index in [1.807, 2.05) is 39.0 Å². The lowest BCUT2D eigenvalue weighted by Crippen LogP contribution is -2.21. The minimum absolute atomic E-state index is 0.00285. The topological polar surface area (TPSA) is 59.3 Å². The van der Waals surface area contributed by atoms with Crippen LogP contribution in [-0.4, -0.2) is 5.91 Å². The molecular formula is C19H17NO3. The summed E-state index contributed by atoms with van der Waals surface area (Å²) in [6.45, 7) is 5.86. The number of amides is 1. The van der Waals surface area contributed by atoms with Crippen molar-refractivity contribution >= 4 is 22.6 Å². The number of carbonyl (C=O) groups excluding carboxylic acids is 1. The minimum atomic E-state index is -0.636. The predicted molar refractivity (Wildman–Crippen MR) is 91.1 cm³/mol. The highest BCUT2D eigenvalue weighted by atomic mass is 16.4. The van der Waals surface area contributed by atoms with Crippen LogP contribution in [0.3, 0.4) is 0 Å². The summed E-state index contributed by atoms with van der Waals surface area (Å²) in [7, 11) is 0. The monoisotopic (exact) mass is 307 g/mol. The van der Waals surface area contributed by atoms with E-state index in [9.17, 15) is 9.59 Å². The molecule has 1 aromatic heterocycles. The molecule has 0 atom stereocenters. The number of hydrogen-bond acceptors (Lipinski definition) is 3. The van der Waals surface area contributed by atoms with E-state index in [1.165, 1.54) is 0 Å². The maximum atomic E-state index is 12.5. The second-order valence-electron chi connectivity index (χ2n) is 5.71. The van der Waals surface area contributed by atoms with Crippen molar-refractivity contribution in [3.63, 3.8) is 0 Å². The first kappa shape index (κ1) is 15.0. The molecule has 0 aliphatic heterocycles. The number of nitrogens with one attached hydrogen (secondary N) is 1. The predicted octanol–water partition coefficient (Wildman–Crippen LogP) is 3.97. The van der Waals surface area contributed by atoms with Gasteiger partial charge in [0, 0.05) is 11.1 Å². The van der Waals surface area contributed by atoms with Gasteiger partial charge in [0.05, 0.1) is 0 Å². The Kier molecular flexibility index (Phi) is 3.74. The molecule has 4 heteroatoms. The highest BCUT2D eigenvalue weighted by Gasteiger charge is 2.15. The molecule has 3 aromatic rings. The molecule has 3 rings (SSSR count). The van der Waals surface area contributed by atoms with Crippen LogP contribution in [0.5, 0.6) is 0 Å². The molecule has 4 nitrogen and oxygen atoms in total. The quantitative estimate of drug-likeness (QED) is 0.729. The van der Waals surface area contributed by atoms with Crippen LogP contribution in [0.15, 0.2) is 51.7 Å². The van der Waals surface area contributed by atoms with E-state index >= 15 is 0 Å². The molecule has 0 aliphatic rings. The van der Waals surface area contributed by atoms with Crippen LogP contribution in [0.25, 0.3) is 11.0 Å². The zero-order valence-electron chi connectivity index (χ0n) is 13.3. The average Bonchev–Trinajstić information content (AvgIpc) is 2.50. The fourth-order valence-electron chi connectivity index (χ4n) is 2.78. The summed E-state index contributed by atoms with van der Waals surface area (Å²) in [5.74, 6) is -0.459. The van der Waals surface area contributed by atoms with Gasteiger partial charge in [0.15, 0.2) is 0 Å². The van der Waals surface area contributed by atoms with Gasteiger partial charge in [0.1, 0.15) is 11.1 Å². The zero-order valence-corrected chi connectivity index (χ0v) is 13.3. The smallest absolute Gasteiger partial charge is 0.349 e. The van der Waals surface area contributed by atoms with Gasteiger partial charge in [0.2, 0.25) is 0 Å². The third kappa shape index (κ3) is 2.88. The Morgan fingerprint density at radius 1 is 1.00 bits per heavy atom. The second kappa shape index (κ2) is 5.72. The summed E-state index contributed by atoms with van der Waals surface area (Å²) in [5, 5.41) is 3.55. The molecule has 0 spiro atoms. The zero-order chi connectivity index (χ0) is 16.6. The fourth-order valence-corrected chi connectivity index (χ4v) is 2.78. The van der Waals surface area contributed by atoms with Gasteiger partial charge in [-0.25, -0.2) is 4.79 Å². The van der Waals surface area contributed by atoms with Crippen LogP contribution in [0.1, 0.15) is 27.0 Å². The molecule has 0 aliphatic carbocycles. The molecule has 0 saturated carbocycles. The highest BCUT2D eigenvalue weighted by molar-refractivity contribution is 6.06. The summed E-state index contributed by atoms with van der Waals surface area (Å²) in [6, 6.07) is 12.7. The van der Waals surface area contributed by atoms with Crippen molar-refractivity contribution in [1.29, 1.82) is 0 Å². The first-order valence-corrected chi connectivity index (χ1v) is 7.38. The summed E-state index contributed by atoms with van der Waals surface area (Å²) in [4.78, 5) is 24.6. The molecule has 0 bridgehead atoms. The number of hydrogen-bond donors (Lipinski definition) is 1. The van der Waals surface area contributed by atoms with Crippen LogP contribution >= 0.6 is 0 Å². The molecule has 1 N–H and O–H groups in total. The van der Waals surface area contributed by atoms with E-state index in [0.29, 0.717) is 5.58 Å². The summed E-state index contributed by atoms with van der Waals surface area (Å²) >= 11 is 0. The van der Waals surface area contributed by atoms with E-state index in [0.717, 1.165) is 27.8 Å². The van der Waals surface area contributed by atoms with Gasteiger partial charge < -0.3 is 9.73 Å². The number of anilines is 1. The summed E-state index contributed by atoms with van der Waals surface area (Å²) in [6.07, 6.45) is 0. The van der Waals surface area contributed by atoms with Gasteiger partial charge in [0.25, 0.3) is 5.91 Å². The van der Waals surface area contributed by atoms with Crippen molar-refractivity contribution in [3.05, 3.63) is 75.1 Å². The highest BCUT2D eigenvalue weighted by Crippen LogP contribution is 2.22. The number of aryl methyl sites for hydroxylation is 3. The van der Waals surface area contributed by atoms with Crippen LogP contribution in [-0.2, 0) is 0 Å². The molecular weight excluding hydrogens is 290 g/mol. The average molecular weight is 307 g/mol. The number of fused-ring (bicyclic) bond motifs is 1. The lowest BCUT2D eigenvalue weighted by Gasteiger charge is -2.12. The number of carbonyl (C=O) groups is 1. The van der Waals surface area contributed by atoms with E-state index in [1.54, 1.807) is 24.3 Å². The Hall–Kier alpha value is -2.88. The van der Waals surface area contributed by atoms with E-state index in [2.05, 4.69) is 5.32 Å². The van der Waals surface area contributed by atoms with E-state index < -0.39 is 11.5 Å². The largest absolute Gasteiger partial charge is 0.422 e. The van der Waals surface area contributed by atoms with E-state index in [-0.39, 0.29) is 5.56 Å². The van der Waals surface area contributed by atoms with Crippen LogP contribution in [0.4, 0.5) is 5.69 Å².